The highest BCUT2D eigenvalue weighted by Crippen LogP contribution is 2.50. The van der Waals surface area contributed by atoms with Gasteiger partial charge in [-0.2, -0.15) is 5.48 Å². The lowest BCUT2D eigenvalue weighted by molar-refractivity contribution is 0.0697. The first-order valence-electron chi connectivity index (χ1n) is 8.88. The van der Waals surface area contributed by atoms with Gasteiger partial charge in [0, 0.05) is 22.5 Å². The van der Waals surface area contributed by atoms with E-state index in [0.717, 1.165) is 23.4 Å². The Morgan fingerprint density at radius 1 is 1.15 bits per heavy atom. The van der Waals surface area contributed by atoms with E-state index < -0.39 is 5.97 Å². The molecule has 1 fully saturated rings. The van der Waals surface area contributed by atoms with Gasteiger partial charge in [-0.3, -0.25) is 4.84 Å². The Morgan fingerprint density at radius 3 is 2.38 bits per heavy atom. The van der Waals surface area contributed by atoms with E-state index in [1.807, 2.05) is 12.1 Å². The van der Waals surface area contributed by atoms with Gasteiger partial charge in [0.25, 0.3) is 0 Å². The second kappa shape index (κ2) is 5.56. The first-order chi connectivity index (χ1) is 12.2. The number of carboxylic acid groups (broad SMARTS) is 1. The van der Waals surface area contributed by atoms with Crippen molar-refractivity contribution in [2.24, 2.45) is 0 Å². The molecule has 5 nitrogen and oxygen atoms in total. The number of nitrogens with one attached hydrogen (secondary N) is 1. The number of fused-ring (bicyclic) bond motifs is 1. The van der Waals surface area contributed by atoms with Crippen LogP contribution in [0.1, 0.15) is 61.8 Å². The van der Waals surface area contributed by atoms with Crippen molar-refractivity contribution in [1.82, 2.24) is 5.48 Å². The maximum atomic E-state index is 11.2. The lowest BCUT2D eigenvalue weighted by atomic mass is 9.69. The maximum Gasteiger partial charge on any atom is 0.335 e. The van der Waals surface area contributed by atoms with Gasteiger partial charge in [0.05, 0.1) is 5.56 Å². The average molecular weight is 352 g/mol. The highest BCUT2D eigenvalue weighted by atomic mass is 16.8. The molecule has 0 bridgehead atoms. The fraction of sp³-hybridized carbons (Fsp3) is 0.381. The van der Waals surface area contributed by atoms with Gasteiger partial charge in [0.15, 0.2) is 6.23 Å². The fourth-order valence-electron chi connectivity index (χ4n) is 4.46. The molecule has 0 amide bonds. The van der Waals surface area contributed by atoms with Gasteiger partial charge in [0.1, 0.15) is 0 Å². The topological polar surface area (TPSA) is 75.0 Å². The molecule has 0 spiro atoms. The van der Waals surface area contributed by atoms with Crippen LogP contribution in [0.15, 0.2) is 42.5 Å². The Morgan fingerprint density at radius 2 is 1.81 bits per heavy atom. The molecule has 2 aromatic carbocycles. The molecule has 2 aliphatic heterocycles. The number of carbonyl (C=O) groups is 1. The quantitative estimate of drug-likeness (QED) is 0.795. The molecule has 1 atom stereocenters. The minimum atomic E-state index is -0.907. The van der Waals surface area contributed by atoms with Crippen LogP contribution in [-0.4, -0.2) is 16.6 Å². The number of hydrogen-bond donors (Lipinski definition) is 2. The van der Waals surface area contributed by atoms with Gasteiger partial charge in [-0.15, -0.1) is 0 Å². The van der Waals surface area contributed by atoms with E-state index in [-0.39, 0.29) is 17.2 Å². The Bertz CT molecular complexity index is 867. The highest BCUT2D eigenvalue weighted by molar-refractivity contribution is 5.88. The molecule has 1 unspecified atom stereocenters. The van der Waals surface area contributed by atoms with Gasteiger partial charge in [-0.25, -0.2) is 4.79 Å². The fourth-order valence-corrected chi connectivity index (χ4v) is 4.46. The lowest BCUT2D eigenvalue weighted by Crippen LogP contribution is -2.49. The van der Waals surface area contributed by atoms with E-state index in [2.05, 4.69) is 56.3 Å². The molecule has 2 heterocycles. The number of carboxylic acids is 1. The van der Waals surface area contributed by atoms with E-state index in [0.29, 0.717) is 5.56 Å². The number of rotatable bonds is 3. The largest absolute Gasteiger partial charge is 0.478 e. The number of anilines is 2. The molecular formula is C21H24N2O3. The number of aromatic carboxylic acids is 1. The molecule has 1 saturated heterocycles. The van der Waals surface area contributed by atoms with E-state index in [9.17, 15) is 9.90 Å². The summed E-state index contributed by atoms with van der Waals surface area (Å²) in [5, 5.41) is 9.19. The molecule has 5 heteroatoms. The van der Waals surface area contributed by atoms with Crippen LogP contribution in [0.3, 0.4) is 0 Å². The zero-order chi connectivity index (χ0) is 18.7. The van der Waals surface area contributed by atoms with Crippen LogP contribution in [0.4, 0.5) is 11.4 Å². The molecule has 0 aliphatic carbocycles. The first-order valence-corrected chi connectivity index (χ1v) is 8.88. The first kappa shape index (κ1) is 17.1. The van der Waals surface area contributed by atoms with Crippen molar-refractivity contribution in [3.8, 4) is 0 Å². The van der Waals surface area contributed by atoms with E-state index in [1.54, 1.807) is 12.1 Å². The third kappa shape index (κ3) is 2.77. The summed E-state index contributed by atoms with van der Waals surface area (Å²) in [4.78, 5) is 18.8. The summed E-state index contributed by atoms with van der Waals surface area (Å²) in [6.45, 7) is 9.04. The second-order valence-corrected chi connectivity index (χ2v) is 8.45. The standard InChI is InChI=1S/C21H24N2O3/c1-20(2)12-21(3,4)23(15-8-5-13(6-9-15)19(24)25)17-11-14(18-22-26-18)7-10-16(17)20/h5-11,18,22H,12H2,1-4H3,(H,24,25). The molecule has 26 heavy (non-hydrogen) atoms. The van der Waals surface area contributed by atoms with Crippen LogP contribution in [0.5, 0.6) is 0 Å². The highest BCUT2D eigenvalue weighted by Gasteiger charge is 2.43. The Kier molecular flexibility index (Phi) is 3.65. The summed E-state index contributed by atoms with van der Waals surface area (Å²) in [7, 11) is 0. The maximum absolute atomic E-state index is 11.2. The molecule has 0 radical (unpaired) electrons. The van der Waals surface area contributed by atoms with Crippen molar-refractivity contribution in [3.05, 3.63) is 59.2 Å². The van der Waals surface area contributed by atoms with E-state index in [1.165, 1.54) is 5.56 Å². The van der Waals surface area contributed by atoms with Crippen LogP contribution in [0, 0.1) is 0 Å². The SMILES string of the molecule is CC1(C)CC(C)(C)N(c2ccc(C(=O)O)cc2)c2cc(C3NO3)ccc21. The van der Waals surface area contributed by atoms with Crippen LogP contribution in [0.25, 0.3) is 0 Å². The van der Waals surface area contributed by atoms with Gasteiger partial charge in [-0.05, 0) is 61.6 Å². The van der Waals surface area contributed by atoms with Gasteiger partial charge >= 0.3 is 5.97 Å². The molecule has 0 aromatic heterocycles. The van der Waals surface area contributed by atoms with Crippen LogP contribution < -0.4 is 10.4 Å². The summed E-state index contributed by atoms with van der Waals surface area (Å²) in [6, 6.07) is 13.6. The summed E-state index contributed by atoms with van der Waals surface area (Å²) >= 11 is 0. The zero-order valence-corrected chi connectivity index (χ0v) is 15.5. The number of benzene rings is 2. The molecule has 0 saturated carbocycles. The molecule has 136 valence electrons. The van der Waals surface area contributed by atoms with Crippen molar-refractivity contribution < 1.29 is 14.7 Å². The minimum absolute atomic E-state index is 0.0373. The third-order valence-corrected chi connectivity index (χ3v) is 5.38. The van der Waals surface area contributed by atoms with Crippen molar-refractivity contribution in [2.75, 3.05) is 4.90 Å². The third-order valence-electron chi connectivity index (χ3n) is 5.38. The number of hydrogen-bond acceptors (Lipinski definition) is 4. The van der Waals surface area contributed by atoms with Crippen LogP contribution in [0.2, 0.25) is 0 Å². The number of hydroxylamine groups is 1. The minimum Gasteiger partial charge on any atom is -0.478 e. The summed E-state index contributed by atoms with van der Waals surface area (Å²) < 4.78 is 0. The van der Waals surface area contributed by atoms with Gasteiger partial charge < -0.3 is 10.0 Å². The molecule has 2 aliphatic rings. The van der Waals surface area contributed by atoms with Gasteiger partial charge in [0.2, 0.25) is 0 Å². The van der Waals surface area contributed by atoms with Crippen molar-refractivity contribution >= 4 is 17.3 Å². The van der Waals surface area contributed by atoms with Gasteiger partial charge in [-0.1, -0.05) is 26.0 Å². The Hall–Kier alpha value is -2.37. The predicted octanol–water partition coefficient (Wildman–Crippen LogP) is 4.52. The molecular weight excluding hydrogens is 328 g/mol. The average Bonchev–Trinajstić information content (AvgIpc) is 3.38. The van der Waals surface area contributed by atoms with Crippen molar-refractivity contribution in [3.63, 3.8) is 0 Å². The molecule has 4 rings (SSSR count). The van der Waals surface area contributed by atoms with Crippen LogP contribution >= 0.6 is 0 Å². The second-order valence-electron chi connectivity index (χ2n) is 8.45. The summed E-state index contributed by atoms with van der Waals surface area (Å²) in [5.41, 5.74) is 7.68. The zero-order valence-electron chi connectivity index (χ0n) is 15.5. The van der Waals surface area contributed by atoms with Crippen LogP contribution in [-0.2, 0) is 10.3 Å². The Balaban J connectivity index is 1.87. The van der Waals surface area contributed by atoms with Crippen molar-refractivity contribution in [1.29, 1.82) is 0 Å². The molecule has 2 aromatic rings. The Labute approximate surface area is 153 Å². The number of nitrogens with zero attached hydrogens (tertiary/aromatic N) is 1. The normalized spacial score (nSPS) is 22.6. The molecule has 2 N–H and O–H groups in total. The van der Waals surface area contributed by atoms with Crippen molar-refractivity contribution in [2.45, 2.75) is 51.3 Å². The summed E-state index contributed by atoms with van der Waals surface area (Å²) in [6.07, 6.45) is 0.954. The van der Waals surface area contributed by atoms with E-state index >= 15 is 0 Å². The smallest absolute Gasteiger partial charge is 0.335 e. The predicted molar refractivity (Wildman–Crippen MR) is 101 cm³/mol. The summed E-state index contributed by atoms with van der Waals surface area (Å²) in [5.74, 6) is -0.907. The lowest BCUT2D eigenvalue weighted by Gasteiger charge is -2.51. The monoisotopic (exact) mass is 352 g/mol. The van der Waals surface area contributed by atoms with E-state index in [4.69, 9.17) is 4.84 Å².